The van der Waals surface area contributed by atoms with E-state index in [0.29, 0.717) is 13.0 Å². The van der Waals surface area contributed by atoms with E-state index in [4.69, 9.17) is 0 Å². The highest BCUT2D eigenvalue weighted by molar-refractivity contribution is 6.02. The lowest BCUT2D eigenvalue weighted by molar-refractivity contribution is -0.130. The molecule has 1 aliphatic heterocycles. The van der Waals surface area contributed by atoms with Crippen molar-refractivity contribution >= 4 is 22.7 Å². The molecular formula is C17H14FN5O. The number of fused-ring (bicyclic) bond motifs is 1. The summed E-state index contributed by atoms with van der Waals surface area (Å²) in [6.07, 6.45) is 0.919. The van der Waals surface area contributed by atoms with Crippen LogP contribution in [0.3, 0.4) is 0 Å². The molecule has 0 bridgehead atoms. The van der Waals surface area contributed by atoms with Gasteiger partial charge in [0.25, 0.3) is 0 Å². The number of nitrogens with one attached hydrogen (secondary N) is 1. The number of rotatable bonds is 3. The quantitative estimate of drug-likeness (QED) is 0.803. The Bertz CT molecular complexity index is 932. The predicted octanol–water partition coefficient (Wildman–Crippen LogP) is 2.28. The molecular weight excluding hydrogens is 309 g/mol. The molecule has 3 aromatic rings. The van der Waals surface area contributed by atoms with E-state index in [2.05, 4.69) is 20.5 Å². The molecule has 0 saturated heterocycles. The zero-order valence-electron chi connectivity index (χ0n) is 12.7. The zero-order chi connectivity index (χ0) is 16.5. The number of H-pyrrole nitrogens is 1. The molecule has 1 aromatic heterocycles. The number of carbonyl (C=O) groups excluding carboxylic acids is 1. The van der Waals surface area contributed by atoms with E-state index in [1.54, 1.807) is 12.1 Å². The molecule has 4 rings (SSSR count). The van der Waals surface area contributed by atoms with Gasteiger partial charge in [-0.1, -0.05) is 18.2 Å². The predicted molar refractivity (Wildman–Crippen MR) is 86.9 cm³/mol. The average molecular weight is 323 g/mol. The van der Waals surface area contributed by atoms with Gasteiger partial charge in [-0.3, -0.25) is 4.79 Å². The second-order valence-electron chi connectivity index (χ2n) is 5.64. The second kappa shape index (κ2) is 5.84. The van der Waals surface area contributed by atoms with Gasteiger partial charge in [-0.05, 0) is 35.4 Å². The summed E-state index contributed by atoms with van der Waals surface area (Å²) in [5.74, 6) is -0.358. The molecule has 0 spiro atoms. The number of hydrazone groups is 1. The fraction of sp³-hybridized carbons (Fsp3) is 0.176. The Labute approximate surface area is 137 Å². The van der Waals surface area contributed by atoms with Crippen LogP contribution in [0.4, 0.5) is 4.39 Å². The Kier molecular flexibility index (Phi) is 3.53. The van der Waals surface area contributed by atoms with Gasteiger partial charge in [-0.25, -0.2) is 9.40 Å². The number of nitrogens with zero attached hydrogens (tertiary/aromatic N) is 4. The molecule has 1 amide bonds. The minimum atomic E-state index is -0.284. The molecule has 120 valence electrons. The van der Waals surface area contributed by atoms with Crippen LogP contribution in [-0.2, 0) is 11.2 Å². The van der Waals surface area contributed by atoms with Crippen molar-refractivity contribution in [3.8, 4) is 0 Å². The monoisotopic (exact) mass is 323 g/mol. The van der Waals surface area contributed by atoms with Crippen LogP contribution in [0.1, 0.15) is 17.5 Å². The maximum atomic E-state index is 13.0. The SMILES string of the molecule is O=C(Cc1ccc2n[nH]nc2c1)N1CCC(c2ccc(F)cc2)=N1. The molecule has 7 heteroatoms. The Balaban J connectivity index is 1.49. The van der Waals surface area contributed by atoms with E-state index in [0.717, 1.165) is 27.9 Å². The standard InChI is InChI=1S/C17H14FN5O/c18-13-4-2-12(3-5-13)14-7-8-23(21-14)17(24)10-11-1-6-15-16(9-11)20-22-19-15/h1-6,9H,7-8,10H2,(H,19,20,22). The van der Waals surface area contributed by atoms with E-state index in [1.807, 2.05) is 18.2 Å². The first-order valence-electron chi connectivity index (χ1n) is 7.62. The van der Waals surface area contributed by atoms with E-state index in [-0.39, 0.29) is 18.1 Å². The topological polar surface area (TPSA) is 74.2 Å². The van der Waals surface area contributed by atoms with E-state index >= 15 is 0 Å². The Morgan fingerprint density at radius 2 is 1.92 bits per heavy atom. The van der Waals surface area contributed by atoms with Crippen molar-refractivity contribution in [2.75, 3.05) is 6.54 Å². The lowest BCUT2D eigenvalue weighted by Crippen LogP contribution is -2.25. The molecule has 1 aliphatic rings. The van der Waals surface area contributed by atoms with Crippen LogP contribution in [0.5, 0.6) is 0 Å². The van der Waals surface area contributed by atoms with Crippen molar-refractivity contribution in [3.05, 3.63) is 59.4 Å². The van der Waals surface area contributed by atoms with Crippen molar-refractivity contribution in [2.45, 2.75) is 12.8 Å². The summed E-state index contributed by atoms with van der Waals surface area (Å²) in [6, 6.07) is 11.7. The zero-order valence-corrected chi connectivity index (χ0v) is 12.7. The first-order valence-corrected chi connectivity index (χ1v) is 7.62. The van der Waals surface area contributed by atoms with Gasteiger partial charge >= 0.3 is 0 Å². The normalized spacial score (nSPS) is 14.2. The van der Waals surface area contributed by atoms with Crippen LogP contribution in [0, 0.1) is 5.82 Å². The maximum absolute atomic E-state index is 13.0. The first kappa shape index (κ1) is 14.5. The molecule has 2 heterocycles. The lowest BCUT2D eigenvalue weighted by atomic mass is 10.1. The van der Waals surface area contributed by atoms with Gasteiger partial charge in [-0.15, -0.1) is 0 Å². The van der Waals surface area contributed by atoms with Crippen LogP contribution >= 0.6 is 0 Å². The Morgan fingerprint density at radius 1 is 1.12 bits per heavy atom. The van der Waals surface area contributed by atoms with Crippen LogP contribution in [0.15, 0.2) is 47.6 Å². The number of hydrogen-bond acceptors (Lipinski definition) is 4. The van der Waals surface area contributed by atoms with Gasteiger partial charge in [0.15, 0.2) is 0 Å². The van der Waals surface area contributed by atoms with Gasteiger partial charge < -0.3 is 0 Å². The second-order valence-corrected chi connectivity index (χ2v) is 5.64. The Hall–Kier alpha value is -3.09. The molecule has 0 radical (unpaired) electrons. The third-order valence-electron chi connectivity index (χ3n) is 4.00. The highest BCUT2D eigenvalue weighted by Gasteiger charge is 2.21. The molecule has 0 aliphatic carbocycles. The summed E-state index contributed by atoms with van der Waals surface area (Å²) in [4.78, 5) is 12.4. The number of aromatic nitrogens is 3. The fourth-order valence-corrected chi connectivity index (χ4v) is 2.74. The van der Waals surface area contributed by atoms with Crippen LogP contribution in [0.25, 0.3) is 11.0 Å². The summed E-state index contributed by atoms with van der Waals surface area (Å²) >= 11 is 0. The smallest absolute Gasteiger partial charge is 0.247 e. The molecule has 0 unspecified atom stereocenters. The summed E-state index contributed by atoms with van der Waals surface area (Å²) in [5, 5.41) is 16.4. The number of halogens is 1. The number of hydrogen-bond donors (Lipinski definition) is 1. The minimum Gasteiger partial charge on any atom is -0.273 e. The summed E-state index contributed by atoms with van der Waals surface area (Å²) in [6.45, 7) is 0.539. The fourth-order valence-electron chi connectivity index (χ4n) is 2.74. The van der Waals surface area contributed by atoms with Gasteiger partial charge in [0.1, 0.15) is 16.9 Å². The summed E-state index contributed by atoms with van der Waals surface area (Å²) in [7, 11) is 0. The molecule has 0 saturated carbocycles. The highest BCUT2D eigenvalue weighted by atomic mass is 19.1. The third-order valence-corrected chi connectivity index (χ3v) is 4.00. The first-order chi connectivity index (χ1) is 11.7. The average Bonchev–Trinajstić information content (AvgIpc) is 3.24. The lowest BCUT2D eigenvalue weighted by Gasteiger charge is -2.11. The molecule has 0 fully saturated rings. The van der Waals surface area contributed by atoms with Crippen molar-refractivity contribution < 1.29 is 9.18 Å². The molecule has 2 aromatic carbocycles. The van der Waals surface area contributed by atoms with Crippen LogP contribution in [0.2, 0.25) is 0 Å². The molecule has 6 nitrogen and oxygen atoms in total. The van der Waals surface area contributed by atoms with Crippen molar-refractivity contribution in [1.29, 1.82) is 0 Å². The highest BCUT2D eigenvalue weighted by Crippen LogP contribution is 2.17. The van der Waals surface area contributed by atoms with Gasteiger partial charge in [0.2, 0.25) is 5.91 Å². The minimum absolute atomic E-state index is 0.0741. The van der Waals surface area contributed by atoms with Gasteiger partial charge in [0, 0.05) is 6.42 Å². The van der Waals surface area contributed by atoms with Crippen molar-refractivity contribution in [3.63, 3.8) is 0 Å². The Morgan fingerprint density at radius 3 is 2.75 bits per heavy atom. The van der Waals surface area contributed by atoms with Crippen molar-refractivity contribution in [2.24, 2.45) is 5.10 Å². The largest absolute Gasteiger partial charge is 0.273 e. The molecule has 24 heavy (non-hydrogen) atoms. The van der Waals surface area contributed by atoms with Crippen molar-refractivity contribution in [1.82, 2.24) is 20.4 Å². The number of aromatic amines is 1. The maximum Gasteiger partial charge on any atom is 0.247 e. The van der Waals surface area contributed by atoms with E-state index in [1.165, 1.54) is 17.1 Å². The van der Waals surface area contributed by atoms with Gasteiger partial charge in [-0.2, -0.15) is 20.5 Å². The van der Waals surface area contributed by atoms with Crippen LogP contribution < -0.4 is 0 Å². The number of carbonyl (C=O) groups is 1. The molecule has 1 N–H and O–H groups in total. The van der Waals surface area contributed by atoms with Gasteiger partial charge in [0.05, 0.1) is 18.7 Å². The summed E-state index contributed by atoms with van der Waals surface area (Å²) in [5.41, 5.74) is 4.01. The molecule has 0 atom stereocenters. The number of amides is 1. The van der Waals surface area contributed by atoms with E-state index < -0.39 is 0 Å². The van der Waals surface area contributed by atoms with Crippen LogP contribution in [-0.4, -0.2) is 38.6 Å². The summed E-state index contributed by atoms with van der Waals surface area (Å²) < 4.78 is 13.0. The van der Waals surface area contributed by atoms with E-state index in [9.17, 15) is 9.18 Å². The number of benzene rings is 2. The third kappa shape index (κ3) is 2.76.